The van der Waals surface area contributed by atoms with Gasteiger partial charge >= 0.3 is 0 Å². The number of benzene rings is 1. The average Bonchev–Trinajstić information content (AvgIpc) is 2.83. The van der Waals surface area contributed by atoms with E-state index in [-0.39, 0.29) is 18.4 Å². The number of piperazine rings is 1. The smallest absolute Gasteiger partial charge is 0.251 e. The highest BCUT2D eigenvalue weighted by atomic mass is 16.5. The molecule has 2 aliphatic rings. The zero-order valence-corrected chi connectivity index (χ0v) is 17.8. The molecular weight excluding hydrogens is 396 g/mol. The molecule has 2 amide bonds. The molecular formula is C22H28N6O3. The van der Waals surface area contributed by atoms with Gasteiger partial charge in [-0.2, -0.15) is 4.98 Å². The Morgan fingerprint density at radius 3 is 2.39 bits per heavy atom. The minimum atomic E-state index is -0.239. The first-order chi connectivity index (χ1) is 15.1. The van der Waals surface area contributed by atoms with Crippen LogP contribution < -0.4 is 15.1 Å². The maximum Gasteiger partial charge on any atom is 0.251 e. The molecule has 164 valence electrons. The van der Waals surface area contributed by atoms with Crippen molar-refractivity contribution in [2.45, 2.75) is 6.92 Å². The lowest BCUT2D eigenvalue weighted by molar-refractivity contribution is -0.130. The minimum Gasteiger partial charge on any atom is -0.378 e. The molecule has 9 nitrogen and oxygen atoms in total. The number of morpholine rings is 1. The predicted octanol–water partition coefficient (Wildman–Crippen LogP) is 0.700. The molecule has 2 aromatic rings. The highest BCUT2D eigenvalue weighted by molar-refractivity contribution is 5.96. The summed E-state index contributed by atoms with van der Waals surface area (Å²) in [4.78, 5) is 40.2. The number of carbonyl (C=O) groups excluding carboxylic acids is 2. The summed E-state index contributed by atoms with van der Waals surface area (Å²) in [6.07, 6.45) is 0. The van der Waals surface area contributed by atoms with Gasteiger partial charge in [0.05, 0.1) is 19.8 Å². The van der Waals surface area contributed by atoms with Crippen molar-refractivity contribution < 1.29 is 14.3 Å². The summed E-state index contributed by atoms with van der Waals surface area (Å²) < 4.78 is 5.43. The van der Waals surface area contributed by atoms with E-state index in [1.54, 1.807) is 29.2 Å². The second-order valence-electron chi connectivity index (χ2n) is 7.68. The van der Waals surface area contributed by atoms with E-state index >= 15 is 0 Å². The fourth-order valence-electron chi connectivity index (χ4n) is 3.75. The van der Waals surface area contributed by atoms with Crippen molar-refractivity contribution in [1.29, 1.82) is 0 Å². The molecule has 2 saturated heterocycles. The first-order valence-corrected chi connectivity index (χ1v) is 10.6. The van der Waals surface area contributed by atoms with E-state index in [4.69, 9.17) is 9.72 Å². The number of anilines is 2. The summed E-state index contributed by atoms with van der Waals surface area (Å²) in [5.74, 6) is 1.30. The minimum absolute atomic E-state index is 0.00412. The molecule has 2 aliphatic heterocycles. The van der Waals surface area contributed by atoms with Crippen LogP contribution in [0.25, 0.3) is 0 Å². The largest absolute Gasteiger partial charge is 0.378 e. The van der Waals surface area contributed by atoms with E-state index in [1.165, 1.54) is 0 Å². The molecule has 0 saturated carbocycles. The van der Waals surface area contributed by atoms with E-state index in [9.17, 15) is 9.59 Å². The summed E-state index contributed by atoms with van der Waals surface area (Å²) in [6, 6.07) is 10.9. The van der Waals surface area contributed by atoms with Gasteiger partial charge in [0, 0.05) is 56.6 Å². The van der Waals surface area contributed by atoms with E-state index in [0.29, 0.717) is 50.9 Å². The van der Waals surface area contributed by atoms with Crippen LogP contribution in [0.5, 0.6) is 0 Å². The Morgan fingerprint density at radius 1 is 0.968 bits per heavy atom. The fraction of sp³-hybridized carbons (Fsp3) is 0.455. The highest BCUT2D eigenvalue weighted by Gasteiger charge is 2.24. The van der Waals surface area contributed by atoms with E-state index < -0.39 is 0 Å². The molecule has 31 heavy (non-hydrogen) atoms. The average molecular weight is 425 g/mol. The lowest BCUT2D eigenvalue weighted by Crippen LogP contribution is -2.51. The Kier molecular flexibility index (Phi) is 6.61. The van der Waals surface area contributed by atoms with Crippen LogP contribution in [-0.4, -0.2) is 85.7 Å². The Labute approximate surface area is 182 Å². The number of ether oxygens (including phenoxy) is 1. The van der Waals surface area contributed by atoms with Crippen molar-refractivity contribution in [2.24, 2.45) is 0 Å². The summed E-state index contributed by atoms with van der Waals surface area (Å²) in [7, 11) is 0. The van der Waals surface area contributed by atoms with Gasteiger partial charge in [-0.3, -0.25) is 9.59 Å². The Hall–Kier alpha value is -3.20. The number of amides is 2. The quantitative estimate of drug-likeness (QED) is 0.756. The Morgan fingerprint density at radius 2 is 1.68 bits per heavy atom. The summed E-state index contributed by atoms with van der Waals surface area (Å²) >= 11 is 0. The second kappa shape index (κ2) is 9.74. The first-order valence-electron chi connectivity index (χ1n) is 10.6. The molecule has 0 aliphatic carbocycles. The van der Waals surface area contributed by atoms with Crippen LogP contribution in [0.4, 0.5) is 11.8 Å². The number of aryl methyl sites for hydroxylation is 1. The van der Waals surface area contributed by atoms with Gasteiger partial charge < -0.3 is 24.8 Å². The van der Waals surface area contributed by atoms with Gasteiger partial charge in [0.25, 0.3) is 5.91 Å². The number of hydrogen-bond acceptors (Lipinski definition) is 7. The zero-order chi connectivity index (χ0) is 21.6. The molecule has 0 unspecified atom stereocenters. The van der Waals surface area contributed by atoms with Gasteiger partial charge in [0.15, 0.2) is 0 Å². The van der Waals surface area contributed by atoms with Crippen molar-refractivity contribution in [2.75, 3.05) is 68.8 Å². The Bertz CT molecular complexity index is 909. The number of aromatic nitrogens is 2. The SMILES string of the molecule is Cc1cc(N2CCOCC2)nc(N2CCN(C(=O)CNC(=O)c3ccccc3)CC2)n1. The molecule has 0 bridgehead atoms. The third kappa shape index (κ3) is 5.29. The van der Waals surface area contributed by atoms with E-state index in [1.807, 2.05) is 19.1 Å². The number of carbonyl (C=O) groups is 2. The van der Waals surface area contributed by atoms with Crippen LogP contribution in [0.15, 0.2) is 36.4 Å². The van der Waals surface area contributed by atoms with Crippen molar-refractivity contribution in [3.8, 4) is 0 Å². The van der Waals surface area contributed by atoms with Gasteiger partial charge in [0.2, 0.25) is 11.9 Å². The predicted molar refractivity (Wildman–Crippen MR) is 117 cm³/mol. The van der Waals surface area contributed by atoms with Gasteiger partial charge in [-0.25, -0.2) is 4.98 Å². The zero-order valence-electron chi connectivity index (χ0n) is 17.8. The summed E-state index contributed by atoms with van der Waals surface area (Å²) in [5, 5.41) is 2.71. The standard InChI is InChI=1S/C22H28N6O3/c1-17-15-19(26-11-13-31-14-12-26)25-22(24-17)28-9-7-27(8-10-28)20(29)16-23-21(30)18-5-3-2-4-6-18/h2-6,15H,7-14,16H2,1H3,(H,23,30). The molecule has 3 heterocycles. The molecule has 1 N–H and O–H groups in total. The normalized spacial score (nSPS) is 16.9. The van der Waals surface area contributed by atoms with Crippen LogP contribution in [0.2, 0.25) is 0 Å². The molecule has 4 rings (SSSR count). The molecule has 2 fully saturated rings. The number of hydrogen-bond donors (Lipinski definition) is 1. The first kappa shape index (κ1) is 21.0. The van der Waals surface area contributed by atoms with Crippen LogP contribution in [-0.2, 0) is 9.53 Å². The van der Waals surface area contributed by atoms with Gasteiger partial charge in [-0.1, -0.05) is 18.2 Å². The van der Waals surface area contributed by atoms with E-state index in [0.717, 1.165) is 24.6 Å². The maximum atomic E-state index is 12.5. The number of nitrogens with one attached hydrogen (secondary N) is 1. The molecule has 0 atom stereocenters. The van der Waals surface area contributed by atoms with Gasteiger partial charge in [0.1, 0.15) is 5.82 Å². The monoisotopic (exact) mass is 424 g/mol. The van der Waals surface area contributed by atoms with Crippen molar-refractivity contribution >= 4 is 23.6 Å². The molecule has 0 spiro atoms. The molecule has 9 heteroatoms. The third-order valence-electron chi connectivity index (χ3n) is 5.52. The van der Waals surface area contributed by atoms with Crippen LogP contribution >= 0.6 is 0 Å². The van der Waals surface area contributed by atoms with Crippen molar-refractivity contribution in [3.63, 3.8) is 0 Å². The number of nitrogens with zero attached hydrogens (tertiary/aromatic N) is 5. The maximum absolute atomic E-state index is 12.5. The van der Waals surface area contributed by atoms with Crippen LogP contribution in [0, 0.1) is 6.92 Å². The number of rotatable bonds is 5. The van der Waals surface area contributed by atoms with Crippen molar-refractivity contribution in [1.82, 2.24) is 20.2 Å². The summed E-state index contributed by atoms with van der Waals surface area (Å²) in [5.41, 5.74) is 1.47. The molecule has 1 aromatic heterocycles. The summed E-state index contributed by atoms with van der Waals surface area (Å²) in [6.45, 7) is 7.50. The highest BCUT2D eigenvalue weighted by Crippen LogP contribution is 2.19. The fourth-order valence-corrected chi connectivity index (χ4v) is 3.75. The van der Waals surface area contributed by atoms with E-state index in [2.05, 4.69) is 20.1 Å². The molecule has 1 aromatic carbocycles. The Balaban J connectivity index is 1.30. The van der Waals surface area contributed by atoms with Crippen LogP contribution in [0.1, 0.15) is 16.1 Å². The second-order valence-corrected chi connectivity index (χ2v) is 7.68. The lowest BCUT2D eigenvalue weighted by atomic mass is 10.2. The van der Waals surface area contributed by atoms with Crippen molar-refractivity contribution in [3.05, 3.63) is 47.7 Å². The molecule has 0 radical (unpaired) electrons. The van der Waals surface area contributed by atoms with Crippen LogP contribution in [0.3, 0.4) is 0 Å². The van der Waals surface area contributed by atoms with Gasteiger partial charge in [-0.05, 0) is 19.1 Å². The topological polar surface area (TPSA) is 90.9 Å². The van der Waals surface area contributed by atoms with Gasteiger partial charge in [-0.15, -0.1) is 0 Å². The third-order valence-corrected chi connectivity index (χ3v) is 5.52. The lowest BCUT2D eigenvalue weighted by Gasteiger charge is -2.35.